The average Bonchev–Trinajstić information content (AvgIpc) is 2.64. The number of aliphatic hydroxyl groups excluding tert-OH is 4. The Hall–Kier alpha value is -0.240. The fourth-order valence-electron chi connectivity index (χ4n) is 3.65. The van der Waals surface area contributed by atoms with Crippen LogP contribution < -0.4 is 0 Å². The van der Waals surface area contributed by atoms with E-state index in [1.54, 1.807) is 0 Å². The highest BCUT2D eigenvalue weighted by Gasteiger charge is 2.51. The molecule has 0 spiro atoms. The molecule has 0 aromatic carbocycles. The van der Waals surface area contributed by atoms with E-state index >= 15 is 0 Å². The maximum atomic E-state index is 10.4. The van der Waals surface area contributed by atoms with Gasteiger partial charge in [0.1, 0.15) is 24.4 Å². The van der Waals surface area contributed by atoms with E-state index in [4.69, 9.17) is 4.74 Å². The summed E-state index contributed by atoms with van der Waals surface area (Å²) in [6, 6.07) is 0. The van der Waals surface area contributed by atoms with Crippen LogP contribution in [0.4, 0.5) is 0 Å². The highest BCUT2D eigenvalue weighted by molar-refractivity contribution is 4.95. The number of hydrogen-bond acceptors (Lipinski definition) is 6. The minimum Gasteiger partial charge on any atom is -0.394 e. The third-order valence-electron chi connectivity index (χ3n) is 5.44. The van der Waals surface area contributed by atoms with Gasteiger partial charge in [-0.05, 0) is 6.42 Å². The Bertz CT molecular complexity index is 351. The Kier molecular flexibility index (Phi) is 11.9. The molecule has 26 heavy (non-hydrogen) atoms. The molecule has 5 atom stereocenters. The van der Waals surface area contributed by atoms with Crippen LogP contribution in [0.25, 0.3) is 0 Å². The lowest BCUT2D eigenvalue weighted by Crippen LogP contribution is -2.65. The number of unbranched alkanes of at least 4 members (excludes halogenated alkanes) is 11. The molecule has 1 aliphatic heterocycles. The third kappa shape index (κ3) is 7.79. The van der Waals surface area contributed by atoms with E-state index in [0.717, 1.165) is 19.3 Å². The summed E-state index contributed by atoms with van der Waals surface area (Å²) in [6.45, 7) is 1.71. The summed E-state index contributed by atoms with van der Waals surface area (Å²) < 4.78 is 5.26. The smallest absolute Gasteiger partial charge is 0.195 e. The van der Waals surface area contributed by atoms with Gasteiger partial charge < -0.3 is 30.3 Å². The molecule has 1 aliphatic rings. The van der Waals surface area contributed by atoms with Gasteiger partial charge in [-0.2, -0.15) is 0 Å². The van der Waals surface area contributed by atoms with Crippen molar-refractivity contribution in [3.05, 3.63) is 0 Å². The molecule has 0 saturated carbocycles. The summed E-state index contributed by atoms with van der Waals surface area (Å²) in [5.74, 6) is -1.91. The minimum atomic E-state index is -1.91. The van der Waals surface area contributed by atoms with Gasteiger partial charge in [0.15, 0.2) is 5.79 Å². The lowest BCUT2D eigenvalue weighted by Gasteiger charge is -2.45. The predicted molar refractivity (Wildman–Crippen MR) is 101 cm³/mol. The number of ether oxygens (including phenoxy) is 1. The van der Waals surface area contributed by atoms with Crippen molar-refractivity contribution in [1.82, 2.24) is 0 Å². The normalized spacial score (nSPS) is 32.1. The number of aliphatic hydroxyl groups is 5. The van der Waals surface area contributed by atoms with Gasteiger partial charge in [-0.15, -0.1) is 0 Å². The molecule has 0 aliphatic carbocycles. The lowest BCUT2D eigenvalue weighted by molar-refractivity contribution is -0.351. The van der Waals surface area contributed by atoms with Crippen molar-refractivity contribution in [1.29, 1.82) is 0 Å². The van der Waals surface area contributed by atoms with Crippen molar-refractivity contribution in [2.45, 2.75) is 121 Å². The molecule has 1 saturated heterocycles. The first kappa shape index (κ1) is 23.8. The summed E-state index contributed by atoms with van der Waals surface area (Å²) in [4.78, 5) is 0. The standard InChI is InChI=1S/C20H40O6/c1-2-3-4-5-6-7-8-9-10-11-12-13-14-20(25)19(24)18(23)17(22)16(15-21)26-20/h16-19,21-25H,2-15H2,1H3/t16-,17-,18+,19-,20-/m1/s1. The van der Waals surface area contributed by atoms with E-state index in [0.29, 0.717) is 6.42 Å². The molecule has 0 amide bonds. The topological polar surface area (TPSA) is 110 Å². The third-order valence-corrected chi connectivity index (χ3v) is 5.44. The molecule has 0 radical (unpaired) electrons. The van der Waals surface area contributed by atoms with Crippen LogP contribution in [-0.2, 0) is 4.74 Å². The van der Waals surface area contributed by atoms with Crippen molar-refractivity contribution in [3.8, 4) is 0 Å². The van der Waals surface area contributed by atoms with Crippen LogP contribution in [0.15, 0.2) is 0 Å². The SMILES string of the molecule is CCCCCCCCCCCCCC[C@@]1(O)O[C@H](CO)[C@@H](O)[C@H](O)[C@H]1O. The molecule has 156 valence electrons. The van der Waals surface area contributed by atoms with Crippen LogP contribution in [0.2, 0.25) is 0 Å². The van der Waals surface area contributed by atoms with E-state index in [1.807, 2.05) is 0 Å². The van der Waals surface area contributed by atoms with E-state index in [1.165, 1.54) is 51.4 Å². The van der Waals surface area contributed by atoms with Crippen molar-refractivity contribution < 1.29 is 30.3 Å². The van der Waals surface area contributed by atoms with Gasteiger partial charge in [-0.3, -0.25) is 0 Å². The highest BCUT2D eigenvalue weighted by atomic mass is 16.7. The maximum Gasteiger partial charge on any atom is 0.195 e. The molecular formula is C20H40O6. The average molecular weight is 377 g/mol. The second-order valence-electron chi connectivity index (χ2n) is 7.75. The molecular weight excluding hydrogens is 336 g/mol. The molecule has 6 heteroatoms. The second-order valence-corrected chi connectivity index (χ2v) is 7.75. The Morgan fingerprint density at radius 1 is 0.731 bits per heavy atom. The molecule has 0 aromatic heterocycles. The summed E-state index contributed by atoms with van der Waals surface area (Å²) in [6.07, 6.45) is 8.88. The van der Waals surface area contributed by atoms with E-state index in [9.17, 15) is 25.5 Å². The van der Waals surface area contributed by atoms with Gasteiger partial charge >= 0.3 is 0 Å². The first-order valence-electron chi connectivity index (χ1n) is 10.5. The summed E-state index contributed by atoms with van der Waals surface area (Å²) in [5, 5.41) is 49.1. The Labute approximate surface area is 158 Å². The first-order valence-corrected chi connectivity index (χ1v) is 10.5. The molecule has 1 fully saturated rings. The van der Waals surface area contributed by atoms with E-state index < -0.39 is 36.8 Å². The summed E-state index contributed by atoms with van der Waals surface area (Å²) in [7, 11) is 0. The van der Waals surface area contributed by atoms with Crippen LogP contribution in [0.5, 0.6) is 0 Å². The zero-order valence-corrected chi connectivity index (χ0v) is 16.4. The van der Waals surface area contributed by atoms with Crippen molar-refractivity contribution >= 4 is 0 Å². The number of rotatable bonds is 14. The fraction of sp³-hybridized carbons (Fsp3) is 1.00. The van der Waals surface area contributed by atoms with Gasteiger partial charge in [-0.25, -0.2) is 0 Å². The zero-order chi connectivity index (χ0) is 19.4. The van der Waals surface area contributed by atoms with E-state index in [2.05, 4.69) is 6.92 Å². The molecule has 1 rings (SSSR count). The molecule has 1 heterocycles. The highest BCUT2D eigenvalue weighted by Crippen LogP contribution is 2.32. The van der Waals surface area contributed by atoms with Gasteiger partial charge in [0.2, 0.25) is 0 Å². The Morgan fingerprint density at radius 2 is 1.19 bits per heavy atom. The summed E-state index contributed by atoms with van der Waals surface area (Å²) in [5.41, 5.74) is 0. The van der Waals surface area contributed by atoms with Gasteiger partial charge in [-0.1, -0.05) is 77.6 Å². The lowest BCUT2D eigenvalue weighted by atomic mass is 9.89. The molecule has 6 nitrogen and oxygen atoms in total. The fourth-order valence-corrected chi connectivity index (χ4v) is 3.65. The zero-order valence-electron chi connectivity index (χ0n) is 16.4. The van der Waals surface area contributed by atoms with Crippen LogP contribution >= 0.6 is 0 Å². The molecule has 0 aromatic rings. The van der Waals surface area contributed by atoms with Crippen molar-refractivity contribution in [2.75, 3.05) is 6.61 Å². The summed E-state index contributed by atoms with van der Waals surface area (Å²) >= 11 is 0. The Morgan fingerprint density at radius 3 is 1.65 bits per heavy atom. The Balaban J connectivity index is 2.09. The first-order chi connectivity index (χ1) is 12.5. The van der Waals surface area contributed by atoms with Crippen molar-refractivity contribution in [3.63, 3.8) is 0 Å². The predicted octanol–water partition coefficient (Wildman–Crippen LogP) is 2.24. The number of hydrogen-bond donors (Lipinski definition) is 5. The van der Waals surface area contributed by atoms with Crippen LogP contribution in [0, 0.1) is 0 Å². The van der Waals surface area contributed by atoms with Gasteiger partial charge in [0.05, 0.1) is 6.61 Å². The van der Waals surface area contributed by atoms with Gasteiger partial charge in [0, 0.05) is 6.42 Å². The molecule has 0 bridgehead atoms. The molecule has 5 N–H and O–H groups in total. The maximum absolute atomic E-state index is 10.4. The quantitative estimate of drug-likeness (QED) is 0.297. The van der Waals surface area contributed by atoms with Crippen LogP contribution in [0.1, 0.15) is 90.4 Å². The molecule has 0 unspecified atom stereocenters. The van der Waals surface area contributed by atoms with Gasteiger partial charge in [0.25, 0.3) is 0 Å². The largest absolute Gasteiger partial charge is 0.394 e. The van der Waals surface area contributed by atoms with Crippen LogP contribution in [0.3, 0.4) is 0 Å². The second kappa shape index (κ2) is 13.0. The van der Waals surface area contributed by atoms with Crippen molar-refractivity contribution in [2.24, 2.45) is 0 Å². The van der Waals surface area contributed by atoms with E-state index in [-0.39, 0.29) is 6.42 Å². The van der Waals surface area contributed by atoms with Crippen LogP contribution in [-0.4, -0.2) is 62.3 Å². The monoisotopic (exact) mass is 376 g/mol. The minimum absolute atomic E-state index is 0.172.